The zero-order chi connectivity index (χ0) is 22.1. The van der Waals surface area contributed by atoms with E-state index in [1.54, 1.807) is 31.0 Å². The van der Waals surface area contributed by atoms with E-state index in [-0.39, 0.29) is 0 Å². The van der Waals surface area contributed by atoms with Crippen LogP contribution in [0.5, 0.6) is 0 Å². The fourth-order valence-corrected chi connectivity index (χ4v) is 5.95. The van der Waals surface area contributed by atoms with Crippen molar-refractivity contribution in [2.45, 2.75) is 37.5 Å². The average molecular weight is 497 g/mol. The lowest BCUT2D eigenvalue weighted by Gasteiger charge is -2.36. The van der Waals surface area contributed by atoms with Crippen LogP contribution in [0.4, 0.5) is 0 Å². The van der Waals surface area contributed by atoms with Gasteiger partial charge in [0.15, 0.2) is 0 Å². The van der Waals surface area contributed by atoms with Crippen LogP contribution in [0.2, 0.25) is 15.1 Å². The molecule has 1 aliphatic rings. The summed E-state index contributed by atoms with van der Waals surface area (Å²) in [5.74, 6) is 0. The summed E-state index contributed by atoms with van der Waals surface area (Å²) in [6, 6.07) is 12.3. The Morgan fingerprint density at radius 1 is 1.13 bits per heavy atom. The molecule has 4 nitrogen and oxygen atoms in total. The van der Waals surface area contributed by atoms with Gasteiger partial charge in [-0.1, -0.05) is 59.1 Å². The smallest absolute Gasteiger partial charge is 0.104 e. The molecular weight excluding hydrogens is 473 g/mol. The van der Waals surface area contributed by atoms with Gasteiger partial charge in [-0.25, -0.2) is 4.68 Å². The monoisotopic (exact) mass is 495 g/mol. The number of ether oxygens (including phenoxy) is 1. The largest absolute Gasteiger partial charge is 0.383 e. The number of halogens is 3. The highest BCUT2D eigenvalue weighted by molar-refractivity contribution is 7.98. The molecule has 0 radical (unpaired) electrons. The fraction of sp³-hybridized carbons (Fsp3) is 0.348. The lowest BCUT2D eigenvalue weighted by atomic mass is 9.94. The van der Waals surface area contributed by atoms with Gasteiger partial charge in [-0.05, 0) is 42.9 Å². The molecular formula is C23H24Cl3N3OS. The molecule has 2 heterocycles. The number of nitrogens with zero attached hydrogens (tertiary/aromatic N) is 3. The van der Waals surface area contributed by atoms with Crippen LogP contribution in [0, 0.1) is 6.92 Å². The molecule has 1 aromatic heterocycles. The molecule has 0 amide bonds. The third-order valence-corrected chi connectivity index (χ3v) is 7.31. The molecule has 4 rings (SSSR count). The molecule has 1 aliphatic heterocycles. The summed E-state index contributed by atoms with van der Waals surface area (Å²) in [6.45, 7) is 4.37. The summed E-state index contributed by atoms with van der Waals surface area (Å²) in [5.41, 5.74) is 5.56. The van der Waals surface area contributed by atoms with Crippen molar-refractivity contribution in [2.24, 2.45) is 0 Å². The Hall–Kier alpha value is -1.21. The number of thioether (sulfide) groups is 1. The highest BCUT2D eigenvalue weighted by Crippen LogP contribution is 2.37. The van der Waals surface area contributed by atoms with Gasteiger partial charge in [0.1, 0.15) is 10.7 Å². The van der Waals surface area contributed by atoms with E-state index in [9.17, 15) is 0 Å². The van der Waals surface area contributed by atoms with E-state index in [0.29, 0.717) is 33.4 Å². The number of benzene rings is 2. The Morgan fingerprint density at radius 3 is 2.45 bits per heavy atom. The Kier molecular flexibility index (Phi) is 7.21. The van der Waals surface area contributed by atoms with Crippen molar-refractivity contribution in [3.8, 4) is 5.69 Å². The van der Waals surface area contributed by atoms with Crippen LogP contribution in [0.3, 0.4) is 0 Å². The number of hydrogen-bond acceptors (Lipinski definition) is 4. The Labute approximate surface area is 202 Å². The molecule has 0 N–H and O–H groups in total. The summed E-state index contributed by atoms with van der Waals surface area (Å²) < 4.78 is 7.40. The van der Waals surface area contributed by atoms with E-state index >= 15 is 0 Å². The average Bonchev–Trinajstić information content (AvgIpc) is 3.02. The van der Waals surface area contributed by atoms with Crippen LogP contribution in [0.25, 0.3) is 5.69 Å². The minimum Gasteiger partial charge on any atom is -0.383 e. The SMILES string of the molecule is COC[C@H]1Cc2ccccc2CN1Cc1c(C)nn(-c2c(Cl)cc(Cl)cc2Cl)c1SC. The number of aromatic nitrogens is 2. The van der Waals surface area contributed by atoms with Crippen LogP contribution >= 0.6 is 46.6 Å². The molecule has 0 unspecified atom stereocenters. The molecule has 0 aliphatic carbocycles. The molecule has 0 saturated carbocycles. The van der Waals surface area contributed by atoms with E-state index in [2.05, 4.69) is 29.2 Å². The van der Waals surface area contributed by atoms with Crippen molar-refractivity contribution in [3.63, 3.8) is 0 Å². The third kappa shape index (κ3) is 4.63. The second-order valence-corrected chi connectivity index (χ2v) is 9.74. The molecule has 1 atom stereocenters. The first-order valence-electron chi connectivity index (χ1n) is 10.00. The lowest BCUT2D eigenvalue weighted by molar-refractivity contribution is 0.0716. The van der Waals surface area contributed by atoms with Crippen LogP contribution in [-0.2, 0) is 24.2 Å². The second-order valence-electron chi connectivity index (χ2n) is 7.69. The molecule has 0 bridgehead atoms. The minimum absolute atomic E-state index is 0.306. The molecule has 3 aromatic rings. The van der Waals surface area contributed by atoms with Gasteiger partial charge in [-0.2, -0.15) is 5.10 Å². The third-order valence-electron chi connectivity index (χ3n) is 5.71. The van der Waals surface area contributed by atoms with Crippen LogP contribution in [0.15, 0.2) is 41.4 Å². The highest BCUT2D eigenvalue weighted by Gasteiger charge is 2.29. The van der Waals surface area contributed by atoms with Gasteiger partial charge >= 0.3 is 0 Å². The van der Waals surface area contributed by atoms with Crippen molar-refractivity contribution >= 4 is 46.6 Å². The maximum Gasteiger partial charge on any atom is 0.104 e. The molecule has 0 saturated heterocycles. The molecule has 0 fully saturated rings. The standard InChI is InChI=1S/C23H24Cl3N3OS/c1-14-19(12-28-11-16-7-5-4-6-15(16)8-18(28)13-30-2)23(31-3)29(27-14)22-20(25)9-17(24)10-21(22)26/h4-7,9-10,18H,8,11-13H2,1-3H3/t18-/m1/s1. The van der Waals surface area contributed by atoms with E-state index in [1.165, 1.54) is 16.7 Å². The molecule has 2 aromatic carbocycles. The van der Waals surface area contributed by atoms with Gasteiger partial charge in [0.05, 0.1) is 22.3 Å². The summed E-state index contributed by atoms with van der Waals surface area (Å²) in [5, 5.41) is 7.29. The normalized spacial score (nSPS) is 16.5. The Bertz CT molecular complexity index is 1080. The van der Waals surface area contributed by atoms with E-state index in [1.807, 2.05) is 17.9 Å². The van der Waals surface area contributed by atoms with E-state index < -0.39 is 0 Å². The lowest BCUT2D eigenvalue weighted by Crippen LogP contribution is -2.42. The van der Waals surface area contributed by atoms with Crippen LogP contribution < -0.4 is 0 Å². The molecule has 8 heteroatoms. The maximum atomic E-state index is 6.51. The van der Waals surface area contributed by atoms with Crippen molar-refractivity contribution in [1.29, 1.82) is 0 Å². The predicted octanol–water partition coefficient (Wildman–Crippen LogP) is 6.44. The second kappa shape index (κ2) is 9.74. The van der Waals surface area contributed by atoms with E-state index in [0.717, 1.165) is 30.2 Å². The molecule has 31 heavy (non-hydrogen) atoms. The number of methoxy groups -OCH3 is 1. The summed E-state index contributed by atoms with van der Waals surface area (Å²) in [4.78, 5) is 2.48. The summed E-state index contributed by atoms with van der Waals surface area (Å²) in [6.07, 6.45) is 3.02. The molecule has 164 valence electrons. The van der Waals surface area contributed by atoms with Crippen LogP contribution in [0.1, 0.15) is 22.4 Å². The van der Waals surface area contributed by atoms with Gasteiger partial charge in [0.25, 0.3) is 0 Å². The van der Waals surface area contributed by atoms with Crippen molar-refractivity contribution in [1.82, 2.24) is 14.7 Å². The Balaban J connectivity index is 1.72. The maximum absolute atomic E-state index is 6.51. The summed E-state index contributed by atoms with van der Waals surface area (Å²) >= 11 is 20.8. The van der Waals surface area contributed by atoms with E-state index in [4.69, 9.17) is 44.6 Å². The number of aryl methyl sites for hydroxylation is 1. The zero-order valence-corrected chi connectivity index (χ0v) is 20.7. The van der Waals surface area contributed by atoms with Crippen molar-refractivity contribution < 1.29 is 4.74 Å². The fourth-order valence-electron chi connectivity index (χ4n) is 4.21. The van der Waals surface area contributed by atoms with Gasteiger partial charge < -0.3 is 4.74 Å². The topological polar surface area (TPSA) is 30.3 Å². The van der Waals surface area contributed by atoms with Crippen molar-refractivity contribution in [3.05, 3.63) is 73.9 Å². The predicted molar refractivity (Wildman–Crippen MR) is 130 cm³/mol. The van der Waals surface area contributed by atoms with Crippen molar-refractivity contribution in [2.75, 3.05) is 20.0 Å². The summed E-state index contributed by atoms with van der Waals surface area (Å²) in [7, 11) is 1.76. The van der Waals surface area contributed by atoms with Gasteiger partial charge in [0, 0.05) is 36.8 Å². The Morgan fingerprint density at radius 2 is 1.81 bits per heavy atom. The first kappa shape index (κ1) is 23.0. The number of hydrogen-bond donors (Lipinski definition) is 0. The first-order chi connectivity index (χ1) is 14.9. The van der Waals surface area contributed by atoms with Gasteiger partial charge in [-0.3, -0.25) is 4.90 Å². The highest BCUT2D eigenvalue weighted by atomic mass is 35.5. The van der Waals surface area contributed by atoms with Gasteiger partial charge in [0.2, 0.25) is 0 Å². The number of rotatable bonds is 6. The quantitative estimate of drug-likeness (QED) is 0.368. The first-order valence-corrected chi connectivity index (χ1v) is 12.4. The zero-order valence-electron chi connectivity index (χ0n) is 17.7. The van der Waals surface area contributed by atoms with Crippen LogP contribution in [-0.4, -0.2) is 40.7 Å². The van der Waals surface area contributed by atoms with Gasteiger partial charge in [-0.15, -0.1) is 11.8 Å². The molecule has 0 spiro atoms. The number of fused-ring (bicyclic) bond motifs is 1. The minimum atomic E-state index is 0.306.